The largest absolute Gasteiger partial charge is 0.487 e. The predicted octanol–water partition coefficient (Wildman–Crippen LogP) is 3.17. The molecule has 1 aromatic heterocycles. The summed E-state index contributed by atoms with van der Waals surface area (Å²) < 4.78 is 14.3. The van der Waals surface area contributed by atoms with Gasteiger partial charge in [-0.05, 0) is 51.5 Å². The molecule has 32 heavy (non-hydrogen) atoms. The highest BCUT2D eigenvalue weighted by atomic mass is 16.5. The number of fused-ring (bicyclic) bond motifs is 1. The quantitative estimate of drug-likeness (QED) is 0.551. The number of aryl methyl sites for hydroxylation is 1. The molecule has 0 bridgehead atoms. The van der Waals surface area contributed by atoms with E-state index in [9.17, 15) is 0 Å². The zero-order valence-electron chi connectivity index (χ0n) is 19.1. The number of ether oxygens (including phenoxy) is 2. The van der Waals surface area contributed by atoms with Crippen LogP contribution in [-0.4, -0.2) is 45.6 Å². The molecule has 2 fully saturated rings. The minimum atomic E-state index is -0.0631. The smallest absolute Gasteiger partial charge is 0.192 e. The van der Waals surface area contributed by atoms with E-state index in [-0.39, 0.29) is 17.7 Å². The average Bonchev–Trinajstić information content (AvgIpc) is 3.54. The van der Waals surface area contributed by atoms with Gasteiger partial charge >= 0.3 is 0 Å². The molecule has 1 spiro atoms. The van der Waals surface area contributed by atoms with Crippen LogP contribution in [0.25, 0.3) is 0 Å². The van der Waals surface area contributed by atoms with Gasteiger partial charge in [0.25, 0.3) is 0 Å². The van der Waals surface area contributed by atoms with Crippen molar-refractivity contribution in [2.75, 3.05) is 13.2 Å². The molecular formula is C24H34N6O2. The molecule has 3 aliphatic rings. The van der Waals surface area contributed by atoms with Crippen molar-refractivity contribution in [3.8, 4) is 5.75 Å². The molecule has 2 atom stereocenters. The Bertz CT molecular complexity index is 959. The van der Waals surface area contributed by atoms with Gasteiger partial charge in [-0.3, -0.25) is 0 Å². The zero-order chi connectivity index (χ0) is 22.0. The van der Waals surface area contributed by atoms with Gasteiger partial charge in [0, 0.05) is 32.2 Å². The van der Waals surface area contributed by atoms with Crippen molar-refractivity contribution < 1.29 is 9.47 Å². The monoisotopic (exact) mass is 438 g/mol. The number of nitrogens with zero attached hydrogens (tertiary/aromatic N) is 4. The Hall–Kier alpha value is -2.61. The Morgan fingerprint density at radius 3 is 2.81 bits per heavy atom. The maximum atomic E-state index is 6.54. The summed E-state index contributed by atoms with van der Waals surface area (Å²) in [4.78, 5) is 4.89. The summed E-state index contributed by atoms with van der Waals surface area (Å²) in [6, 6.07) is 8.56. The van der Waals surface area contributed by atoms with Crippen molar-refractivity contribution >= 4 is 5.96 Å². The fourth-order valence-corrected chi connectivity index (χ4v) is 5.14. The van der Waals surface area contributed by atoms with Gasteiger partial charge in [-0.25, -0.2) is 4.99 Å². The van der Waals surface area contributed by atoms with Crippen LogP contribution in [0, 0.1) is 6.92 Å². The molecule has 2 unspecified atom stereocenters. The minimum Gasteiger partial charge on any atom is -0.487 e. The second-order valence-electron chi connectivity index (χ2n) is 9.33. The lowest BCUT2D eigenvalue weighted by atomic mass is 9.86. The summed E-state index contributed by atoms with van der Waals surface area (Å²) in [5.41, 5.74) is 1.14. The molecule has 2 aliphatic heterocycles. The van der Waals surface area contributed by atoms with E-state index >= 15 is 0 Å². The molecule has 2 N–H and O–H groups in total. The van der Waals surface area contributed by atoms with Crippen LogP contribution in [0.4, 0.5) is 0 Å². The van der Waals surface area contributed by atoms with Gasteiger partial charge in [0.1, 0.15) is 23.7 Å². The third-order valence-electron chi connectivity index (χ3n) is 7.11. The number of benzene rings is 1. The second kappa shape index (κ2) is 9.10. The van der Waals surface area contributed by atoms with E-state index in [1.807, 2.05) is 18.5 Å². The van der Waals surface area contributed by atoms with Crippen LogP contribution >= 0.6 is 0 Å². The van der Waals surface area contributed by atoms with Gasteiger partial charge < -0.3 is 24.7 Å². The average molecular weight is 439 g/mol. The standard InChI is InChI=1S/C24H34N6O2/c1-17-28-29-22(30(17)2)16-26-23(25-15-18-8-7-13-31-18)27-20-14-24(11-5-6-12-24)32-21-10-4-3-9-19(20)21/h3-4,9-10,18,20H,5-8,11-16H2,1-2H3,(H2,25,26,27). The third kappa shape index (κ3) is 4.46. The number of nitrogens with one attached hydrogen (secondary N) is 2. The fourth-order valence-electron chi connectivity index (χ4n) is 5.14. The van der Waals surface area contributed by atoms with Crippen molar-refractivity contribution in [1.82, 2.24) is 25.4 Å². The number of hydrogen-bond acceptors (Lipinski definition) is 5. The molecule has 1 aromatic carbocycles. The summed E-state index contributed by atoms with van der Waals surface area (Å²) >= 11 is 0. The lowest BCUT2D eigenvalue weighted by Gasteiger charge is -2.40. The molecule has 0 radical (unpaired) electrons. The van der Waals surface area contributed by atoms with Crippen molar-refractivity contribution in [1.29, 1.82) is 0 Å². The number of rotatable bonds is 5. The highest BCUT2D eigenvalue weighted by Crippen LogP contribution is 2.46. The molecule has 172 valence electrons. The maximum absolute atomic E-state index is 6.54. The summed E-state index contributed by atoms with van der Waals surface area (Å²) in [7, 11) is 1.98. The van der Waals surface area contributed by atoms with Crippen molar-refractivity contribution in [2.45, 2.75) is 76.2 Å². The lowest BCUT2D eigenvalue weighted by Crippen LogP contribution is -2.47. The molecule has 8 heteroatoms. The number of hydrogen-bond donors (Lipinski definition) is 2. The van der Waals surface area contributed by atoms with E-state index in [4.69, 9.17) is 14.5 Å². The molecule has 1 aliphatic carbocycles. The van der Waals surface area contributed by atoms with E-state index in [0.29, 0.717) is 6.54 Å². The van der Waals surface area contributed by atoms with Gasteiger partial charge in [-0.1, -0.05) is 18.2 Å². The topological polar surface area (TPSA) is 85.6 Å². The number of aromatic nitrogens is 3. The minimum absolute atomic E-state index is 0.0631. The Labute approximate surface area is 189 Å². The summed E-state index contributed by atoms with van der Waals surface area (Å²) in [6.45, 7) is 4.02. The van der Waals surface area contributed by atoms with E-state index in [1.165, 1.54) is 18.4 Å². The highest BCUT2D eigenvalue weighted by Gasteiger charge is 2.43. The second-order valence-corrected chi connectivity index (χ2v) is 9.33. The van der Waals surface area contributed by atoms with Crippen molar-refractivity contribution in [2.24, 2.45) is 12.0 Å². The first kappa shape index (κ1) is 21.2. The molecule has 1 saturated carbocycles. The van der Waals surface area contributed by atoms with E-state index < -0.39 is 0 Å². The van der Waals surface area contributed by atoms with Crippen molar-refractivity contribution in [3.63, 3.8) is 0 Å². The molecule has 3 heterocycles. The first-order valence-electron chi connectivity index (χ1n) is 11.9. The number of aliphatic imine (C=N–C) groups is 1. The highest BCUT2D eigenvalue weighted by molar-refractivity contribution is 5.80. The molecule has 8 nitrogen and oxygen atoms in total. The van der Waals surface area contributed by atoms with Gasteiger partial charge in [0.05, 0.1) is 12.1 Å². The van der Waals surface area contributed by atoms with Crippen LogP contribution in [-0.2, 0) is 18.3 Å². The van der Waals surface area contributed by atoms with Crippen LogP contribution < -0.4 is 15.4 Å². The maximum Gasteiger partial charge on any atom is 0.192 e. The number of para-hydroxylation sites is 1. The summed E-state index contributed by atoms with van der Waals surface area (Å²) in [6.07, 6.45) is 8.11. The number of guanidine groups is 1. The Morgan fingerprint density at radius 1 is 1.22 bits per heavy atom. The molecule has 1 saturated heterocycles. The van der Waals surface area contributed by atoms with Crippen LogP contribution in [0.2, 0.25) is 0 Å². The first-order chi connectivity index (χ1) is 15.6. The molecule has 0 amide bonds. The van der Waals surface area contributed by atoms with Gasteiger partial charge in [-0.2, -0.15) is 0 Å². The van der Waals surface area contributed by atoms with Crippen molar-refractivity contribution in [3.05, 3.63) is 41.5 Å². The Kier molecular flexibility index (Phi) is 6.04. The third-order valence-corrected chi connectivity index (χ3v) is 7.11. The lowest BCUT2D eigenvalue weighted by molar-refractivity contribution is 0.0395. The Morgan fingerprint density at radius 2 is 2.06 bits per heavy atom. The first-order valence-corrected chi connectivity index (χ1v) is 11.9. The predicted molar refractivity (Wildman–Crippen MR) is 123 cm³/mol. The Balaban J connectivity index is 1.37. The normalized spacial score (nSPS) is 24.4. The van der Waals surface area contributed by atoms with E-state index in [0.717, 1.165) is 68.6 Å². The molecule has 5 rings (SSSR count). The molecule has 2 aromatic rings. The summed E-state index contributed by atoms with van der Waals surface area (Å²) in [5.74, 6) is 3.52. The SMILES string of the molecule is Cc1nnc(CN=C(NCC2CCCO2)NC2CC3(CCCC3)Oc3ccccc32)n1C. The van der Waals surface area contributed by atoms with E-state index in [2.05, 4.69) is 45.1 Å². The zero-order valence-corrected chi connectivity index (χ0v) is 19.1. The van der Waals surface area contributed by atoms with Gasteiger partial charge in [0.2, 0.25) is 0 Å². The van der Waals surface area contributed by atoms with Crippen LogP contribution in [0.5, 0.6) is 5.75 Å². The summed E-state index contributed by atoms with van der Waals surface area (Å²) in [5, 5.41) is 15.7. The van der Waals surface area contributed by atoms with Gasteiger partial charge in [-0.15, -0.1) is 10.2 Å². The van der Waals surface area contributed by atoms with E-state index in [1.54, 1.807) is 0 Å². The van der Waals surface area contributed by atoms with Crippen LogP contribution in [0.1, 0.15) is 68.2 Å². The van der Waals surface area contributed by atoms with Crippen LogP contribution in [0.15, 0.2) is 29.3 Å². The molecular weight excluding hydrogens is 404 g/mol. The van der Waals surface area contributed by atoms with Gasteiger partial charge in [0.15, 0.2) is 11.8 Å². The fraction of sp³-hybridized carbons (Fsp3) is 0.625. The van der Waals surface area contributed by atoms with Crippen LogP contribution in [0.3, 0.4) is 0 Å².